The monoisotopic (exact) mass is 213 g/mol. The highest BCUT2D eigenvalue weighted by Crippen LogP contribution is 2.31. The molecule has 6 heteroatoms. The molecule has 0 fully saturated rings. The molecule has 0 atom stereocenters. The Bertz CT molecular complexity index is 343. The molecule has 0 amide bonds. The van der Waals surface area contributed by atoms with Crippen LogP contribution in [0.2, 0.25) is 5.02 Å². The number of hydrogen-bond donors (Lipinski definition) is 1. The number of nitrogens with one attached hydrogen (secondary N) is 1. The number of halogens is 4. The van der Waals surface area contributed by atoms with Crippen molar-refractivity contribution in [3.05, 3.63) is 27.5 Å². The van der Waals surface area contributed by atoms with Crippen molar-refractivity contribution in [2.75, 3.05) is 0 Å². The van der Waals surface area contributed by atoms with E-state index >= 15 is 0 Å². The van der Waals surface area contributed by atoms with Gasteiger partial charge in [0.15, 0.2) is 0 Å². The predicted octanol–water partition coefficient (Wildman–Crippen LogP) is 3.42. The zero-order chi connectivity index (χ0) is 9.35. The number of H-pyrrole nitrogens is 1. The summed E-state index contributed by atoms with van der Waals surface area (Å²) >= 11 is 9.85. The minimum Gasteiger partial charge on any atom is -0.366 e. The molecule has 0 spiro atoms. The summed E-state index contributed by atoms with van der Waals surface area (Å²) in [5.41, 5.74) is -0.912. The number of aromatic nitrogens is 1. The highest BCUT2D eigenvalue weighted by atomic mass is 35.5. The van der Waals surface area contributed by atoms with E-state index in [9.17, 15) is 13.2 Å². The molecule has 66 valence electrons. The van der Waals surface area contributed by atoms with Crippen molar-refractivity contribution in [3.63, 3.8) is 0 Å². The second-order valence-corrected chi connectivity index (χ2v) is 2.86. The van der Waals surface area contributed by atoms with Crippen molar-refractivity contribution in [2.45, 2.75) is 6.18 Å². The van der Waals surface area contributed by atoms with Crippen LogP contribution in [0.3, 0.4) is 0 Å². The molecular weight excluding hydrogens is 211 g/mol. The third kappa shape index (κ3) is 1.78. The fourth-order valence-electron chi connectivity index (χ4n) is 0.668. The van der Waals surface area contributed by atoms with Gasteiger partial charge in [0.05, 0.1) is 15.1 Å². The number of alkyl halides is 3. The second kappa shape index (κ2) is 3.06. The van der Waals surface area contributed by atoms with Crippen LogP contribution in [0.4, 0.5) is 13.2 Å². The van der Waals surface area contributed by atoms with Crippen LogP contribution in [0.15, 0.2) is 12.4 Å². The molecule has 0 aliphatic rings. The van der Waals surface area contributed by atoms with E-state index in [1.165, 1.54) is 6.20 Å². The predicted molar refractivity (Wildman–Crippen MR) is 41.6 cm³/mol. The summed E-state index contributed by atoms with van der Waals surface area (Å²) in [6.45, 7) is 0. The first-order valence-electron chi connectivity index (χ1n) is 2.86. The second-order valence-electron chi connectivity index (χ2n) is 2.04. The molecule has 0 aliphatic carbocycles. The lowest BCUT2D eigenvalue weighted by atomic mass is 10.3. The van der Waals surface area contributed by atoms with Crippen LogP contribution in [0.1, 0.15) is 5.56 Å². The molecule has 1 aromatic heterocycles. The quantitative estimate of drug-likeness (QED) is 0.653. The van der Waals surface area contributed by atoms with Gasteiger partial charge in [-0.3, -0.25) is 0 Å². The van der Waals surface area contributed by atoms with Gasteiger partial charge in [-0.15, -0.1) is 0 Å². The average Bonchev–Trinajstić information content (AvgIpc) is 1.92. The van der Waals surface area contributed by atoms with E-state index in [-0.39, 0.29) is 9.53 Å². The number of rotatable bonds is 0. The fourth-order valence-corrected chi connectivity index (χ4v) is 1.07. The molecule has 0 radical (unpaired) electrons. The zero-order valence-electron chi connectivity index (χ0n) is 5.57. The summed E-state index contributed by atoms with van der Waals surface area (Å²) in [6.07, 6.45) is -2.45. The summed E-state index contributed by atoms with van der Waals surface area (Å²) in [4.78, 5) is 2.26. The standard InChI is InChI=1S/C6H3ClF3NS/c7-4-2-11-1-3(5(4)12)6(8,9)10/h1-2H,(H,11,12). The van der Waals surface area contributed by atoms with Crippen LogP contribution in [-0.4, -0.2) is 4.98 Å². The maximum Gasteiger partial charge on any atom is 0.419 e. The maximum atomic E-state index is 12.1. The highest BCUT2D eigenvalue weighted by molar-refractivity contribution is 7.71. The first-order valence-corrected chi connectivity index (χ1v) is 3.65. The molecule has 1 nitrogen and oxygen atoms in total. The molecule has 1 N–H and O–H groups in total. The van der Waals surface area contributed by atoms with Crippen LogP contribution >= 0.6 is 23.8 Å². The van der Waals surface area contributed by atoms with E-state index < -0.39 is 11.7 Å². The van der Waals surface area contributed by atoms with E-state index in [1.54, 1.807) is 0 Å². The van der Waals surface area contributed by atoms with Crippen molar-refractivity contribution >= 4 is 23.8 Å². The molecule has 1 heterocycles. The van der Waals surface area contributed by atoms with Gasteiger partial charge in [0.1, 0.15) is 0 Å². The Morgan fingerprint density at radius 1 is 1.33 bits per heavy atom. The first-order chi connectivity index (χ1) is 5.43. The van der Waals surface area contributed by atoms with Crippen molar-refractivity contribution in [1.29, 1.82) is 0 Å². The fraction of sp³-hybridized carbons (Fsp3) is 0.167. The van der Waals surface area contributed by atoms with E-state index in [4.69, 9.17) is 11.6 Å². The molecule has 0 saturated carbocycles. The number of pyridine rings is 1. The van der Waals surface area contributed by atoms with Crippen LogP contribution in [0, 0.1) is 4.51 Å². The lowest BCUT2D eigenvalue weighted by molar-refractivity contribution is -0.138. The minimum absolute atomic E-state index is 0.0974. The summed E-state index contributed by atoms with van der Waals surface area (Å²) in [6, 6.07) is 0. The summed E-state index contributed by atoms with van der Waals surface area (Å²) in [5.74, 6) is 0. The minimum atomic E-state index is -4.45. The maximum absolute atomic E-state index is 12.1. The molecule has 0 unspecified atom stereocenters. The smallest absolute Gasteiger partial charge is 0.366 e. The van der Waals surface area contributed by atoms with E-state index in [0.717, 1.165) is 6.20 Å². The van der Waals surface area contributed by atoms with Gasteiger partial charge in [0.2, 0.25) is 0 Å². The lowest BCUT2D eigenvalue weighted by Crippen LogP contribution is -2.06. The van der Waals surface area contributed by atoms with Crippen LogP contribution in [0.25, 0.3) is 0 Å². The number of hydrogen-bond acceptors (Lipinski definition) is 1. The van der Waals surface area contributed by atoms with Gasteiger partial charge in [-0.2, -0.15) is 13.2 Å². The number of aromatic amines is 1. The molecule has 0 saturated heterocycles. The Morgan fingerprint density at radius 3 is 2.33 bits per heavy atom. The average molecular weight is 214 g/mol. The zero-order valence-corrected chi connectivity index (χ0v) is 7.15. The Balaban J connectivity index is 3.37. The van der Waals surface area contributed by atoms with Gasteiger partial charge >= 0.3 is 6.18 Å². The van der Waals surface area contributed by atoms with Crippen molar-refractivity contribution in [1.82, 2.24) is 4.98 Å². The highest BCUT2D eigenvalue weighted by Gasteiger charge is 2.32. The largest absolute Gasteiger partial charge is 0.419 e. The van der Waals surface area contributed by atoms with E-state index in [0.29, 0.717) is 0 Å². The van der Waals surface area contributed by atoms with Crippen molar-refractivity contribution in [3.8, 4) is 0 Å². The molecule has 12 heavy (non-hydrogen) atoms. The molecular formula is C6H3ClF3NS. The van der Waals surface area contributed by atoms with Crippen LogP contribution in [-0.2, 0) is 6.18 Å². The third-order valence-corrected chi connectivity index (χ3v) is 2.05. The summed E-state index contributed by atoms with van der Waals surface area (Å²) in [7, 11) is 0. The molecule has 1 rings (SSSR count). The van der Waals surface area contributed by atoms with E-state index in [2.05, 4.69) is 17.2 Å². The SMILES string of the molecule is FC(F)(F)c1c[nH]cc(Cl)c1=S. The third-order valence-electron chi connectivity index (χ3n) is 1.20. The molecule has 0 aromatic carbocycles. The van der Waals surface area contributed by atoms with Gasteiger partial charge in [-0.05, 0) is 0 Å². The van der Waals surface area contributed by atoms with Gasteiger partial charge < -0.3 is 4.98 Å². The Hall–Kier alpha value is -0.550. The first kappa shape index (κ1) is 9.54. The van der Waals surface area contributed by atoms with Gasteiger partial charge in [0.25, 0.3) is 0 Å². The molecule has 0 aliphatic heterocycles. The lowest BCUT2D eigenvalue weighted by Gasteiger charge is -2.05. The Kier molecular flexibility index (Phi) is 2.44. The van der Waals surface area contributed by atoms with Crippen LogP contribution in [0.5, 0.6) is 0 Å². The molecule has 1 aromatic rings. The Morgan fingerprint density at radius 2 is 1.92 bits per heavy atom. The molecule has 0 bridgehead atoms. The van der Waals surface area contributed by atoms with Gasteiger partial charge in [0, 0.05) is 12.4 Å². The van der Waals surface area contributed by atoms with E-state index in [1.807, 2.05) is 0 Å². The summed E-state index contributed by atoms with van der Waals surface area (Å²) < 4.78 is 35.9. The van der Waals surface area contributed by atoms with Crippen molar-refractivity contribution < 1.29 is 13.2 Å². The van der Waals surface area contributed by atoms with Gasteiger partial charge in [-0.25, -0.2) is 0 Å². The Labute approximate surface area is 76.2 Å². The topological polar surface area (TPSA) is 15.8 Å². The summed E-state index contributed by atoms with van der Waals surface area (Å²) in [5, 5.41) is -0.0974. The van der Waals surface area contributed by atoms with Gasteiger partial charge in [-0.1, -0.05) is 23.8 Å². The van der Waals surface area contributed by atoms with Crippen molar-refractivity contribution in [2.24, 2.45) is 0 Å². The normalized spacial score (nSPS) is 11.7. The van der Waals surface area contributed by atoms with Crippen LogP contribution < -0.4 is 0 Å².